The Morgan fingerprint density at radius 2 is 2.00 bits per heavy atom. The lowest BCUT2D eigenvalue weighted by molar-refractivity contribution is -0.109. The molecule has 0 saturated heterocycles. The molecule has 0 aliphatic rings. The third kappa shape index (κ3) is 10.0. The Kier molecular flexibility index (Phi) is 13.8. The van der Waals surface area contributed by atoms with E-state index in [1.54, 1.807) is 6.20 Å². The van der Waals surface area contributed by atoms with E-state index in [1.807, 2.05) is 44.3 Å². The molecule has 0 aliphatic carbocycles. The SMILES string of the molecule is C#C.C/C=C/NC(=S)NC(C=O)Cc1ccc2[nH]ccc2c1.C/C=C\CC. The minimum atomic E-state index is -0.336. The maximum absolute atomic E-state index is 11.2. The first-order chi connectivity index (χ1) is 13.1. The van der Waals surface area contributed by atoms with Crippen molar-refractivity contribution in [1.82, 2.24) is 15.6 Å². The van der Waals surface area contributed by atoms with Crippen molar-refractivity contribution in [1.29, 1.82) is 0 Å². The molecule has 4 nitrogen and oxygen atoms in total. The Morgan fingerprint density at radius 1 is 1.26 bits per heavy atom. The van der Waals surface area contributed by atoms with Gasteiger partial charge in [-0.15, -0.1) is 12.8 Å². The highest BCUT2D eigenvalue weighted by atomic mass is 32.1. The first kappa shape index (κ1) is 24.2. The number of allylic oxidation sites excluding steroid dienone is 3. The third-order valence-corrected chi connectivity index (χ3v) is 3.64. The summed E-state index contributed by atoms with van der Waals surface area (Å²) in [7, 11) is 0. The van der Waals surface area contributed by atoms with E-state index in [1.165, 1.54) is 0 Å². The second-order valence-corrected chi connectivity index (χ2v) is 5.85. The fourth-order valence-corrected chi connectivity index (χ4v) is 2.44. The Bertz CT molecular complexity index is 759. The van der Waals surface area contributed by atoms with Crippen LogP contribution in [0.5, 0.6) is 0 Å². The van der Waals surface area contributed by atoms with Gasteiger partial charge < -0.3 is 20.4 Å². The van der Waals surface area contributed by atoms with Gasteiger partial charge in [-0.05, 0) is 74.3 Å². The highest BCUT2D eigenvalue weighted by Gasteiger charge is 2.10. The molecule has 2 rings (SSSR count). The number of aromatic nitrogens is 1. The van der Waals surface area contributed by atoms with E-state index < -0.39 is 0 Å². The van der Waals surface area contributed by atoms with Crippen LogP contribution < -0.4 is 10.6 Å². The minimum Gasteiger partial charge on any atom is -0.361 e. The van der Waals surface area contributed by atoms with Crippen LogP contribution in [-0.4, -0.2) is 22.4 Å². The van der Waals surface area contributed by atoms with Crippen LogP contribution in [0.3, 0.4) is 0 Å². The predicted octanol–water partition coefficient (Wildman–Crippen LogP) is 4.50. The number of hydrogen-bond donors (Lipinski definition) is 3. The maximum Gasteiger partial charge on any atom is 0.170 e. The molecule has 0 bridgehead atoms. The molecule has 1 aromatic carbocycles. The molecule has 0 aliphatic heterocycles. The highest BCUT2D eigenvalue weighted by molar-refractivity contribution is 7.80. The maximum atomic E-state index is 11.2. The van der Waals surface area contributed by atoms with Crippen LogP contribution in [0.1, 0.15) is 32.8 Å². The molecule has 1 atom stereocenters. The van der Waals surface area contributed by atoms with E-state index in [4.69, 9.17) is 12.2 Å². The predicted molar refractivity (Wildman–Crippen MR) is 121 cm³/mol. The minimum absolute atomic E-state index is 0.336. The topological polar surface area (TPSA) is 56.9 Å². The van der Waals surface area contributed by atoms with E-state index in [-0.39, 0.29) is 6.04 Å². The quantitative estimate of drug-likeness (QED) is 0.298. The van der Waals surface area contributed by atoms with Crippen molar-refractivity contribution in [2.45, 2.75) is 39.7 Å². The molecule has 0 amide bonds. The molecule has 27 heavy (non-hydrogen) atoms. The summed E-state index contributed by atoms with van der Waals surface area (Å²) >= 11 is 5.10. The summed E-state index contributed by atoms with van der Waals surface area (Å²) in [6, 6.07) is 7.78. The fourth-order valence-electron chi connectivity index (χ4n) is 2.22. The van der Waals surface area contributed by atoms with Crippen LogP contribution in [0.4, 0.5) is 0 Å². The Balaban J connectivity index is 0.000000838. The van der Waals surface area contributed by atoms with Crippen molar-refractivity contribution in [3.8, 4) is 12.8 Å². The molecule has 0 fully saturated rings. The zero-order valence-electron chi connectivity index (χ0n) is 16.2. The standard InChI is InChI=1S/C15H17N3OS.C5H10.C2H2/c1-2-6-17-15(20)18-13(10-19)9-11-3-4-14-12(8-11)5-7-16-14;1-3-5-4-2;1-2/h2-8,10,13,16H,9H2,1H3,(H2,17,18,20);3,5H,4H2,1-2H3;1-2H/b6-2+;5-3-;. The number of hydrogen-bond acceptors (Lipinski definition) is 2. The van der Waals surface area contributed by atoms with Gasteiger partial charge in [0, 0.05) is 11.7 Å². The number of thiocarbonyl (C=S) groups is 1. The summed E-state index contributed by atoms with van der Waals surface area (Å²) < 4.78 is 0. The van der Waals surface area contributed by atoms with Crippen molar-refractivity contribution in [3.63, 3.8) is 0 Å². The van der Waals surface area contributed by atoms with E-state index in [9.17, 15) is 4.79 Å². The van der Waals surface area contributed by atoms with E-state index in [2.05, 4.69) is 53.6 Å². The van der Waals surface area contributed by atoms with Crippen LogP contribution in [0, 0.1) is 12.8 Å². The number of nitrogens with one attached hydrogen (secondary N) is 3. The van der Waals surface area contributed by atoms with Gasteiger partial charge in [0.25, 0.3) is 0 Å². The summed E-state index contributed by atoms with van der Waals surface area (Å²) in [5.41, 5.74) is 2.19. The molecule has 5 heteroatoms. The summed E-state index contributed by atoms with van der Waals surface area (Å²) in [5, 5.41) is 7.46. The second-order valence-electron chi connectivity index (χ2n) is 5.44. The molecule has 1 aromatic heterocycles. The largest absolute Gasteiger partial charge is 0.361 e. The smallest absolute Gasteiger partial charge is 0.170 e. The average Bonchev–Trinajstić information content (AvgIpc) is 3.16. The summed E-state index contributed by atoms with van der Waals surface area (Å²) in [6.07, 6.45) is 20.3. The highest BCUT2D eigenvalue weighted by Crippen LogP contribution is 2.15. The van der Waals surface area contributed by atoms with Crippen molar-refractivity contribution < 1.29 is 4.79 Å². The summed E-state index contributed by atoms with van der Waals surface area (Å²) in [5.74, 6) is 0. The molecule has 2 aromatic rings. The van der Waals surface area contributed by atoms with Gasteiger partial charge >= 0.3 is 0 Å². The van der Waals surface area contributed by atoms with Gasteiger partial charge in [0.05, 0.1) is 6.04 Å². The van der Waals surface area contributed by atoms with Crippen LogP contribution in [0.15, 0.2) is 54.9 Å². The number of benzene rings is 1. The molecular weight excluding hydrogens is 354 g/mol. The Labute approximate surface area is 168 Å². The van der Waals surface area contributed by atoms with Crippen molar-refractivity contribution in [2.24, 2.45) is 0 Å². The van der Waals surface area contributed by atoms with Crippen LogP contribution >= 0.6 is 12.2 Å². The number of fused-ring (bicyclic) bond motifs is 1. The van der Waals surface area contributed by atoms with Crippen molar-refractivity contribution in [3.05, 3.63) is 60.5 Å². The number of aldehydes is 1. The first-order valence-electron chi connectivity index (χ1n) is 8.78. The molecular formula is C22H29N3OS. The number of terminal acetylenes is 1. The number of carbonyl (C=O) groups excluding carboxylic acids is 1. The van der Waals surface area contributed by atoms with Gasteiger partial charge in [-0.2, -0.15) is 0 Å². The lowest BCUT2D eigenvalue weighted by Crippen LogP contribution is -2.42. The number of H-pyrrole nitrogens is 1. The molecule has 0 spiro atoms. The zero-order chi connectivity index (χ0) is 20.5. The van der Waals surface area contributed by atoms with Crippen molar-refractivity contribution in [2.75, 3.05) is 0 Å². The Hall–Kier alpha value is -2.84. The van der Waals surface area contributed by atoms with Gasteiger partial charge in [0.1, 0.15) is 6.29 Å². The number of rotatable bonds is 6. The number of aromatic amines is 1. The van der Waals surface area contributed by atoms with Gasteiger partial charge in [0.2, 0.25) is 0 Å². The normalized spacial score (nSPS) is 11.1. The van der Waals surface area contributed by atoms with Crippen LogP contribution in [0.25, 0.3) is 10.9 Å². The zero-order valence-corrected chi connectivity index (χ0v) is 17.1. The van der Waals surface area contributed by atoms with Crippen LogP contribution in [0.2, 0.25) is 0 Å². The monoisotopic (exact) mass is 383 g/mol. The fraction of sp³-hybridized carbons (Fsp3) is 0.273. The molecule has 1 unspecified atom stereocenters. The lowest BCUT2D eigenvalue weighted by Gasteiger charge is -2.14. The summed E-state index contributed by atoms with van der Waals surface area (Å²) in [4.78, 5) is 14.3. The van der Waals surface area contributed by atoms with Crippen molar-refractivity contribution >= 4 is 34.5 Å². The van der Waals surface area contributed by atoms with Crippen LogP contribution in [-0.2, 0) is 11.2 Å². The average molecular weight is 384 g/mol. The summed E-state index contributed by atoms with van der Waals surface area (Å²) in [6.45, 7) is 6.04. The van der Waals surface area contributed by atoms with Gasteiger partial charge in [-0.25, -0.2) is 0 Å². The Morgan fingerprint density at radius 3 is 2.56 bits per heavy atom. The first-order valence-corrected chi connectivity index (χ1v) is 9.19. The molecule has 1 heterocycles. The molecule has 3 N–H and O–H groups in total. The lowest BCUT2D eigenvalue weighted by atomic mass is 10.1. The van der Waals surface area contributed by atoms with Gasteiger partial charge in [-0.3, -0.25) is 0 Å². The van der Waals surface area contributed by atoms with Gasteiger partial charge in [-0.1, -0.05) is 31.2 Å². The molecule has 144 valence electrons. The van der Waals surface area contributed by atoms with Gasteiger partial charge in [0.15, 0.2) is 5.11 Å². The number of carbonyl (C=O) groups is 1. The third-order valence-electron chi connectivity index (χ3n) is 3.41. The van der Waals surface area contributed by atoms with E-state index >= 15 is 0 Å². The second kappa shape index (κ2) is 15.4. The van der Waals surface area contributed by atoms with E-state index in [0.29, 0.717) is 11.5 Å². The molecule has 0 saturated carbocycles. The molecule has 0 radical (unpaired) electrons. The van der Waals surface area contributed by atoms with E-state index in [0.717, 1.165) is 29.2 Å².